The average molecular weight is 292 g/mol. The van der Waals surface area contributed by atoms with Crippen LogP contribution < -0.4 is 5.73 Å². The predicted molar refractivity (Wildman–Crippen MR) is 59.9 cm³/mol. The number of carboxylic acid groups (broad SMARTS) is 1. The lowest BCUT2D eigenvalue weighted by molar-refractivity contribution is -0.138. The molecule has 0 aliphatic heterocycles. The molecular formula is C10H11BrFNO3. The summed E-state index contributed by atoms with van der Waals surface area (Å²) >= 11 is 3.09. The van der Waals surface area contributed by atoms with Gasteiger partial charge in [0.25, 0.3) is 0 Å². The molecule has 1 unspecified atom stereocenters. The van der Waals surface area contributed by atoms with Gasteiger partial charge in [-0.3, -0.25) is 4.79 Å². The molecule has 0 bridgehead atoms. The Morgan fingerprint density at radius 2 is 2.25 bits per heavy atom. The molecule has 4 nitrogen and oxygen atoms in total. The van der Waals surface area contributed by atoms with Crippen molar-refractivity contribution >= 4 is 21.9 Å². The van der Waals surface area contributed by atoms with Crippen molar-refractivity contribution < 1.29 is 19.4 Å². The third-order valence-electron chi connectivity index (χ3n) is 2.38. The highest BCUT2D eigenvalue weighted by Crippen LogP contribution is 2.35. The second-order valence-corrected chi connectivity index (χ2v) is 4.21. The third-order valence-corrected chi connectivity index (χ3v) is 3.20. The minimum atomic E-state index is -1.20. The second-order valence-electron chi connectivity index (χ2n) is 3.35. The average Bonchev–Trinajstić information content (AvgIpc) is 2.21. The molecule has 1 rings (SSSR count). The predicted octanol–water partition coefficient (Wildman–Crippen LogP) is 1.73. The highest BCUT2D eigenvalue weighted by molar-refractivity contribution is 9.10. The van der Waals surface area contributed by atoms with Gasteiger partial charge in [-0.2, -0.15) is 0 Å². The first-order valence-electron chi connectivity index (χ1n) is 4.50. The fraction of sp³-hybridized carbons (Fsp3) is 0.300. The van der Waals surface area contributed by atoms with Gasteiger partial charge < -0.3 is 15.9 Å². The van der Waals surface area contributed by atoms with Gasteiger partial charge in [0.2, 0.25) is 0 Å². The van der Waals surface area contributed by atoms with E-state index in [-0.39, 0.29) is 12.1 Å². The number of rotatable bonds is 3. The summed E-state index contributed by atoms with van der Waals surface area (Å²) in [6, 6.07) is 1.09. The van der Waals surface area contributed by atoms with Gasteiger partial charge in [0.05, 0.1) is 5.92 Å². The first kappa shape index (κ1) is 12.9. The summed E-state index contributed by atoms with van der Waals surface area (Å²) in [4.78, 5) is 10.9. The van der Waals surface area contributed by atoms with E-state index >= 15 is 0 Å². The van der Waals surface area contributed by atoms with Gasteiger partial charge in [0, 0.05) is 16.6 Å². The van der Waals surface area contributed by atoms with Crippen LogP contribution in [-0.4, -0.2) is 22.7 Å². The summed E-state index contributed by atoms with van der Waals surface area (Å²) in [6.07, 6.45) is 0. The van der Waals surface area contributed by atoms with Gasteiger partial charge in [-0.15, -0.1) is 0 Å². The number of halogens is 2. The van der Waals surface area contributed by atoms with Crippen molar-refractivity contribution in [1.29, 1.82) is 0 Å². The molecular weight excluding hydrogens is 281 g/mol. The van der Waals surface area contributed by atoms with Crippen LogP contribution in [0.15, 0.2) is 10.5 Å². The molecule has 1 aromatic carbocycles. The van der Waals surface area contributed by atoms with Crippen molar-refractivity contribution in [3.05, 3.63) is 27.5 Å². The Bertz CT molecular complexity index is 410. The number of phenolic OH excluding ortho intramolecular Hbond substituents is 1. The van der Waals surface area contributed by atoms with Crippen molar-refractivity contribution in [1.82, 2.24) is 0 Å². The van der Waals surface area contributed by atoms with Gasteiger partial charge >= 0.3 is 5.97 Å². The number of hydrogen-bond acceptors (Lipinski definition) is 3. The molecule has 88 valence electrons. The van der Waals surface area contributed by atoms with Gasteiger partial charge in [-0.1, -0.05) is 15.9 Å². The summed E-state index contributed by atoms with van der Waals surface area (Å²) in [7, 11) is 0. The molecule has 0 fully saturated rings. The number of nitrogens with two attached hydrogens (primary N) is 1. The van der Waals surface area contributed by atoms with Crippen LogP contribution in [0.4, 0.5) is 4.39 Å². The number of carboxylic acids is 1. The van der Waals surface area contributed by atoms with E-state index in [2.05, 4.69) is 15.9 Å². The quantitative estimate of drug-likeness (QED) is 0.792. The normalized spacial score (nSPS) is 12.5. The maximum absolute atomic E-state index is 13.3. The zero-order valence-electron chi connectivity index (χ0n) is 8.50. The van der Waals surface area contributed by atoms with Crippen LogP contribution in [0, 0.1) is 12.7 Å². The fourth-order valence-electron chi connectivity index (χ4n) is 1.49. The smallest absolute Gasteiger partial charge is 0.312 e. The van der Waals surface area contributed by atoms with Gasteiger partial charge in [-0.25, -0.2) is 4.39 Å². The number of aliphatic carboxylic acids is 1. The maximum Gasteiger partial charge on any atom is 0.312 e. The molecule has 0 aromatic heterocycles. The molecule has 6 heteroatoms. The molecule has 0 spiro atoms. The SMILES string of the molecule is Cc1c(Br)cc(F)c(O)c1C(CN)C(=O)O. The Balaban J connectivity index is 3.47. The lowest BCUT2D eigenvalue weighted by Gasteiger charge is -2.16. The Hall–Kier alpha value is -1.14. The summed E-state index contributed by atoms with van der Waals surface area (Å²) in [5.74, 6) is -3.84. The largest absolute Gasteiger partial charge is 0.505 e. The Morgan fingerprint density at radius 3 is 2.69 bits per heavy atom. The number of benzene rings is 1. The molecule has 0 saturated carbocycles. The lowest BCUT2D eigenvalue weighted by Crippen LogP contribution is -2.22. The Labute approximate surface area is 100 Å². The molecule has 1 aromatic rings. The van der Waals surface area contributed by atoms with E-state index in [1.54, 1.807) is 6.92 Å². The van der Waals surface area contributed by atoms with Crippen molar-refractivity contribution in [3.63, 3.8) is 0 Å². The molecule has 0 aliphatic rings. The highest BCUT2D eigenvalue weighted by atomic mass is 79.9. The van der Waals surface area contributed by atoms with Crippen molar-refractivity contribution in [3.8, 4) is 5.75 Å². The fourth-order valence-corrected chi connectivity index (χ4v) is 1.91. The van der Waals surface area contributed by atoms with Gasteiger partial charge in [-0.05, 0) is 18.6 Å². The molecule has 4 N–H and O–H groups in total. The van der Waals surface area contributed by atoms with Crippen molar-refractivity contribution in [2.45, 2.75) is 12.8 Å². The summed E-state index contributed by atoms with van der Waals surface area (Å²) in [6.45, 7) is 1.38. The summed E-state index contributed by atoms with van der Waals surface area (Å²) in [5.41, 5.74) is 5.80. The van der Waals surface area contributed by atoms with E-state index in [0.717, 1.165) is 6.07 Å². The topological polar surface area (TPSA) is 83.5 Å². The van der Waals surface area contributed by atoms with Gasteiger partial charge in [0.1, 0.15) is 0 Å². The van der Waals surface area contributed by atoms with E-state index < -0.39 is 23.5 Å². The molecule has 16 heavy (non-hydrogen) atoms. The maximum atomic E-state index is 13.3. The van der Waals surface area contributed by atoms with Crippen LogP contribution in [0.25, 0.3) is 0 Å². The molecule has 0 radical (unpaired) electrons. The Kier molecular flexibility index (Phi) is 3.88. The zero-order chi connectivity index (χ0) is 12.5. The van der Waals surface area contributed by atoms with E-state index in [1.807, 2.05) is 0 Å². The number of hydrogen-bond donors (Lipinski definition) is 3. The first-order chi connectivity index (χ1) is 7.40. The number of aromatic hydroxyl groups is 1. The monoisotopic (exact) mass is 291 g/mol. The molecule has 0 aliphatic carbocycles. The molecule has 0 amide bonds. The second kappa shape index (κ2) is 4.80. The summed E-state index contributed by atoms with van der Waals surface area (Å²) in [5, 5.41) is 18.5. The van der Waals surface area contributed by atoms with Crippen LogP contribution in [0.2, 0.25) is 0 Å². The molecule has 1 atom stereocenters. The standard InChI is InChI=1S/C10H11BrFNO3/c1-4-6(11)2-7(12)9(14)8(4)5(3-13)10(15)16/h2,5,14H,3,13H2,1H3,(H,15,16). The highest BCUT2D eigenvalue weighted by Gasteiger charge is 2.26. The number of phenols is 1. The molecule has 0 heterocycles. The van der Waals surface area contributed by atoms with E-state index in [0.29, 0.717) is 10.0 Å². The van der Waals surface area contributed by atoms with E-state index in [4.69, 9.17) is 10.8 Å². The van der Waals surface area contributed by atoms with Crippen molar-refractivity contribution in [2.75, 3.05) is 6.54 Å². The summed E-state index contributed by atoms with van der Waals surface area (Å²) < 4.78 is 13.7. The minimum Gasteiger partial charge on any atom is -0.505 e. The van der Waals surface area contributed by atoms with Gasteiger partial charge in [0.15, 0.2) is 11.6 Å². The lowest BCUT2D eigenvalue weighted by atomic mass is 9.93. The van der Waals surface area contributed by atoms with Crippen LogP contribution in [0.5, 0.6) is 5.75 Å². The van der Waals surface area contributed by atoms with Crippen molar-refractivity contribution in [2.24, 2.45) is 5.73 Å². The van der Waals surface area contributed by atoms with E-state index in [1.165, 1.54) is 0 Å². The van der Waals surface area contributed by atoms with Crippen LogP contribution in [-0.2, 0) is 4.79 Å². The first-order valence-corrected chi connectivity index (χ1v) is 5.29. The minimum absolute atomic E-state index is 0.0156. The zero-order valence-corrected chi connectivity index (χ0v) is 10.1. The Morgan fingerprint density at radius 1 is 1.69 bits per heavy atom. The van der Waals surface area contributed by atoms with Crippen LogP contribution >= 0.6 is 15.9 Å². The van der Waals surface area contributed by atoms with E-state index in [9.17, 15) is 14.3 Å². The van der Waals surface area contributed by atoms with Crippen LogP contribution in [0.3, 0.4) is 0 Å². The third kappa shape index (κ3) is 2.17. The number of carbonyl (C=O) groups is 1. The molecule has 0 saturated heterocycles. The van der Waals surface area contributed by atoms with Crippen LogP contribution in [0.1, 0.15) is 17.0 Å².